The highest BCUT2D eigenvalue weighted by Gasteiger charge is 2.50. The molecule has 0 aliphatic heterocycles. The average Bonchev–Trinajstić information content (AvgIpc) is 2.84. The van der Waals surface area contributed by atoms with Crippen molar-refractivity contribution in [3.05, 3.63) is 18.2 Å². The number of nitrogens with zero attached hydrogens (tertiary/aromatic N) is 2. The lowest BCUT2D eigenvalue weighted by molar-refractivity contribution is -0.135. The molecule has 0 spiro atoms. The summed E-state index contributed by atoms with van der Waals surface area (Å²) < 4.78 is 2.11. The number of hydrogen-bond donors (Lipinski definition) is 0. The van der Waals surface area contributed by atoms with Gasteiger partial charge in [0.2, 0.25) is 0 Å². The zero-order valence-electron chi connectivity index (χ0n) is 12.3. The summed E-state index contributed by atoms with van der Waals surface area (Å²) >= 11 is 0. The van der Waals surface area contributed by atoms with Crippen LogP contribution in [-0.2, 0) is 17.8 Å². The molecule has 0 N–H and O–H groups in total. The van der Waals surface area contributed by atoms with Crippen LogP contribution in [0.3, 0.4) is 0 Å². The molecular formula is C17H24N2O. The fourth-order valence-electron chi connectivity index (χ4n) is 5.52. The van der Waals surface area contributed by atoms with Crippen LogP contribution in [0.1, 0.15) is 44.9 Å². The smallest absolute Gasteiger partial charge is 0.144 e. The molecule has 1 aromatic heterocycles. The van der Waals surface area contributed by atoms with Crippen molar-refractivity contribution in [3.8, 4) is 0 Å². The number of hydrogen-bond acceptors (Lipinski definition) is 2. The Hall–Kier alpha value is -1.12. The second-order valence-electron chi connectivity index (χ2n) is 7.23. The number of ketones is 1. The number of Topliss-reactive ketones (excluding diaryl/α,β-unsaturated/α-hetero) is 1. The molecule has 108 valence electrons. The lowest BCUT2D eigenvalue weighted by Crippen LogP contribution is -2.48. The lowest BCUT2D eigenvalue weighted by Gasteiger charge is -2.53. The molecule has 5 rings (SSSR count). The van der Waals surface area contributed by atoms with Crippen LogP contribution in [-0.4, -0.2) is 15.3 Å². The van der Waals surface area contributed by atoms with Crippen LogP contribution in [0.25, 0.3) is 0 Å². The maximum atomic E-state index is 12.8. The minimum Gasteiger partial charge on any atom is -0.335 e. The van der Waals surface area contributed by atoms with E-state index in [-0.39, 0.29) is 0 Å². The number of aromatic nitrogens is 2. The van der Waals surface area contributed by atoms with Gasteiger partial charge in [-0.15, -0.1) is 0 Å². The molecule has 4 aliphatic rings. The van der Waals surface area contributed by atoms with E-state index in [1.54, 1.807) is 0 Å². The van der Waals surface area contributed by atoms with Crippen LogP contribution in [0, 0.1) is 29.6 Å². The molecule has 0 amide bonds. The second-order valence-corrected chi connectivity index (χ2v) is 7.23. The Balaban J connectivity index is 1.51. The highest BCUT2D eigenvalue weighted by molar-refractivity contribution is 5.83. The van der Waals surface area contributed by atoms with Crippen molar-refractivity contribution in [2.75, 3.05) is 0 Å². The van der Waals surface area contributed by atoms with Gasteiger partial charge in [-0.2, -0.15) is 0 Å². The summed E-state index contributed by atoms with van der Waals surface area (Å²) in [5, 5.41) is 0. The van der Waals surface area contributed by atoms with E-state index in [0.717, 1.165) is 24.2 Å². The van der Waals surface area contributed by atoms with E-state index in [1.807, 2.05) is 12.4 Å². The van der Waals surface area contributed by atoms with E-state index in [1.165, 1.54) is 32.1 Å². The van der Waals surface area contributed by atoms with Gasteiger partial charge in [0.05, 0.1) is 6.42 Å². The molecule has 3 heteroatoms. The first kappa shape index (κ1) is 12.6. The molecular weight excluding hydrogens is 248 g/mol. The summed E-state index contributed by atoms with van der Waals surface area (Å²) in [5.74, 6) is 5.07. The van der Waals surface area contributed by atoms with Gasteiger partial charge < -0.3 is 4.57 Å². The van der Waals surface area contributed by atoms with Gasteiger partial charge >= 0.3 is 0 Å². The SMILES string of the molecule is CCn1ccnc1CC(=O)C1C2CC3CC(C2)CC1C3. The Morgan fingerprint density at radius 2 is 1.85 bits per heavy atom. The fourth-order valence-corrected chi connectivity index (χ4v) is 5.52. The molecule has 0 atom stereocenters. The topological polar surface area (TPSA) is 34.9 Å². The molecule has 4 saturated carbocycles. The van der Waals surface area contributed by atoms with E-state index >= 15 is 0 Å². The Morgan fingerprint density at radius 3 is 2.45 bits per heavy atom. The predicted molar refractivity (Wildman–Crippen MR) is 77.1 cm³/mol. The summed E-state index contributed by atoms with van der Waals surface area (Å²) in [7, 11) is 0. The summed E-state index contributed by atoms with van der Waals surface area (Å²) in [5.41, 5.74) is 0. The van der Waals surface area contributed by atoms with E-state index in [9.17, 15) is 4.79 Å². The number of carbonyl (C=O) groups is 1. The summed E-state index contributed by atoms with van der Waals surface area (Å²) in [6, 6.07) is 0. The standard InChI is InChI=1S/C17H24N2O/c1-2-19-4-3-18-16(19)10-15(20)17-13-6-11-5-12(8-13)9-14(17)7-11/h3-4,11-14,17H,2,5-10H2,1H3. The van der Waals surface area contributed by atoms with Crippen molar-refractivity contribution in [1.29, 1.82) is 0 Å². The normalized spacial score (nSPS) is 38.4. The number of imidazole rings is 1. The van der Waals surface area contributed by atoms with Crippen LogP contribution in [0.5, 0.6) is 0 Å². The van der Waals surface area contributed by atoms with Gasteiger partial charge in [-0.25, -0.2) is 4.98 Å². The quantitative estimate of drug-likeness (QED) is 0.844. The molecule has 1 aromatic rings. The average molecular weight is 272 g/mol. The molecule has 4 aliphatic carbocycles. The van der Waals surface area contributed by atoms with Crippen molar-refractivity contribution in [2.24, 2.45) is 29.6 Å². The number of aryl methyl sites for hydroxylation is 1. The van der Waals surface area contributed by atoms with Crippen LogP contribution in [0.4, 0.5) is 0 Å². The summed E-state index contributed by atoms with van der Waals surface area (Å²) in [6.45, 7) is 3.02. The predicted octanol–water partition coefficient (Wildman–Crippen LogP) is 3.09. The fraction of sp³-hybridized carbons (Fsp3) is 0.765. The van der Waals surface area contributed by atoms with Crippen molar-refractivity contribution in [3.63, 3.8) is 0 Å². The van der Waals surface area contributed by atoms with Gasteiger partial charge in [-0.3, -0.25) is 4.79 Å². The van der Waals surface area contributed by atoms with E-state index in [4.69, 9.17) is 0 Å². The molecule has 1 heterocycles. The molecule has 0 unspecified atom stereocenters. The van der Waals surface area contributed by atoms with Crippen molar-refractivity contribution in [1.82, 2.24) is 9.55 Å². The monoisotopic (exact) mass is 272 g/mol. The van der Waals surface area contributed by atoms with Gasteiger partial charge in [0.1, 0.15) is 11.6 Å². The van der Waals surface area contributed by atoms with E-state index in [0.29, 0.717) is 30.0 Å². The zero-order chi connectivity index (χ0) is 13.7. The van der Waals surface area contributed by atoms with Gasteiger partial charge in [-0.1, -0.05) is 0 Å². The Labute approximate surface area is 120 Å². The summed E-state index contributed by atoms with van der Waals surface area (Å²) in [4.78, 5) is 17.2. The highest BCUT2D eigenvalue weighted by atomic mass is 16.1. The number of carbonyl (C=O) groups excluding carboxylic acids is 1. The van der Waals surface area contributed by atoms with E-state index in [2.05, 4.69) is 16.5 Å². The minimum absolute atomic E-state index is 0.352. The van der Waals surface area contributed by atoms with Crippen molar-refractivity contribution < 1.29 is 4.79 Å². The van der Waals surface area contributed by atoms with E-state index < -0.39 is 0 Å². The largest absolute Gasteiger partial charge is 0.335 e. The molecule has 4 fully saturated rings. The third-order valence-electron chi connectivity index (χ3n) is 6.07. The molecule has 3 nitrogen and oxygen atoms in total. The molecule has 0 aromatic carbocycles. The lowest BCUT2D eigenvalue weighted by atomic mass is 9.51. The third kappa shape index (κ3) is 1.94. The van der Waals surface area contributed by atoms with Crippen molar-refractivity contribution >= 4 is 5.78 Å². The minimum atomic E-state index is 0.352. The van der Waals surface area contributed by atoms with Gasteiger partial charge in [0.15, 0.2) is 0 Å². The zero-order valence-corrected chi connectivity index (χ0v) is 12.3. The number of rotatable bonds is 4. The first-order valence-corrected chi connectivity index (χ1v) is 8.27. The molecule has 4 bridgehead atoms. The van der Waals surface area contributed by atoms with Gasteiger partial charge in [0, 0.05) is 24.9 Å². The van der Waals surface area contributed by atoms with Crippen LogP contribution in [0.15, 0.2) is 12.4 Å². The molecule has 20 heavy (non-hydrogen) atoms. The maximum absolute atomic E-state index is 12.8. The van der Waals surface area contributed by atoms with Gasteiger partial charge in [-0.05, 0) is 62.7 Å². The third-order valence-corrected chi connectivity index (χ3v) is 6.07. The van der Waals surface area contributed by atoms with Crippen LogP contribution in [0.2, 0.25) is 0 Å². The highest BCUT2D eigenvalue weighted by Crippen LogP contribution is 2.56. The molecule has 0 saturated heterocycles. The first-order valence-electron chi connectivity index (χ1n) is 8.27. The Bertz CT molecular complexity index is 491. The van der Waals surface area contributed by atoms with Gasteiger partial charge in [0.25, 0.3) is 0 Å². The van der Waals surface area contributed by atoms with Crippen molar-refractivity contribution in [2.45, 2.75) is 52.0 Å². The summed E-state index contributed by atoms with van der Waals surface area (Å²) in [6.07, 6.45) is 11.1. The maximum Gasteiger partial charge on any atom is 0.144 e. The second kappa shape index (κ2) is 4.71. The Morgan fingerprint density at radius 1 is 1.20 bits per heavy atom. The first-order chi connectivity index (χ1) is 9.74. The molecule has 0 radical (unpaired) electrons. The van der Waals surface area contributed by atoms with Crippen LogP contribution >= 0.6 is 0 Å². The Kier molecular flexibility index (Phi) is 2.97. The van der Waals surface area contributed by atoms with Crippen LogP contribution < -0.4 is 0 Å².